The number of hydrogen-bond donors (Lipinski definition) is 1. The molecule has 2 aromatic rings. The summed E-state index contributed by atoms with van der Waals surface area (Å²) in [6.45, 7) is 3.01. The third kappa shape index (κ3) is 5.95. The van der Waals surface area contributed by atoms with Crippen LogP contribution in [0.1, 0.15) is 17.5 Å². The third-order valence-electron chi connectivity index (χ3n) is 4.99. The molecule has 1 N–H and O–H groups in total. The number of para-hydroxylation sites is 1. The van der Waals surface area contributed by atoms with E-state index in [0.717, 1.165) is 16.9 Å². The first-order chi connectivity index (χ1) is 13.3. The van der Waals surface area contributed by atoms with Crippen LogP contribution in [0.3, 0.4) is 0 Å². The Morgan fingerprint density at radius 1 is 1.21 bits per heavy atom. The fourth-order valence-corrected chi connectivity index (χ4v) is 5.35. The van der Waals surface area contributed by atoms with Crippen LogP contribution in [-0.2, 0) is 16.4 Å². The van der Waals surface area contributed by atoms with Gasteiger partial charge in [-0.15, -0.1) is 0 Å². The summed E-state index contributed by atoms with van der Waals surface area (Å²) in [4.78, 5) is 2.04. The van der Waals surface area contributed by atoms with Crippen LogP contribution in [-0.4, -0.2) is 55.2 Å². The normalized spacial score (nSPS) is 19.6. The smallest absolute Gasteiger partial charge is 0.151 e. The highest BCUT2D eigenvalue weighted by atomic mass is 35.5. The molecule has 2 atom stereocenters. The van der Waals surface area contributed by atoms with E-state index in [2.05, 4.69) is 0 Å². The van der Waals surface area contributed by atoms with Crippen molar-refractivity contribution in [2.45, 2.75) is 32.0 Å². The zero-order valence-corrected chi connectivity index (χ0v) is 17.5. The van der Waals surface area contributed by atoms with Crippen molar-refractivity contribution in [1.82, 2.24) is 4.90 Å². The Morgan fingerprint density at radius 2 is 1.93 bits per heavy atom. The minimum atomic E-state index is -3.01. The van der Waals surface area contributed by atoms with E-state index in [-0.39, 0.29) is 24.2 Å². The number of sulfone groups is 1. The van der Waals surface area contributed by atoms with Crippen molar-refractivity contribution in [1.29, 1.82) is 0 Å². The molecule has 1 aliphatic rings. The van der Waals surface area contributed by atoms with Crippen molar-refractivity contribution in [3.8, 4) is 5.75 Å². The van der Waals surface area contributed by atoms with Crippen LogP contribution in [0, 0.1) is 6.92 Å². The average Bonchev–Trinajstić information content (AvgIpc) is 3.02. The zero-order chi connectivity index (χ0) is 20.1. The van der Waals surface area contributed by atoms with E-state index in [9.17, 15) is 13.5 Å². The SMILES string of the molecule is Cc1ccccc1OCC(O)CN(Cc1ccc(Cl)cc1)C1CCS(=O)(=O)C1. The van der Waals surface area contributed by atoms with Gasteiger partial charge in [0, 0.05) is 24.2 Å². The lowest BCUT2D eigenvalue weighted by Gasteiger charge is -2.30. The molecule has 1 heterocycles. The maximum atomic E-state index is 11.9. The van der Waals surface area contributed by atoms with E-state index in [0.29, 0.717) is 24.5 Å². The molecule has 2 aromatic carbocycles. The van der Waals surface area contributed by atoms with E-state index >= 15 is 0 Å². The first kappa shape index (κ1) is 21.1. The molecule has 1 fully saturated rings. The predicted octanol–water partition coefficient (Wildman–Crippen LogP) is 3.08. The maximum absolute atomic E-state index is 11.9. The van der Waals surface area contributed by atoms with Gasteiger partial charge in [-0.1, -0.05) is 41.9 Å². The number of benzene rings is 2. The van der Waals surface area contributed by atoms with Crippen LogP contribution in [0.15, 0.2) is 48.5 Å². The van der Waals surface area contributed by atoms with Crippen molar-refractivity contribution in [3.05, 3.63) is 64.7 Å². The second-order valence-electron chi connectivity index (χ2n) is 7.34. The quantitative estimate of drug-likeness (QED) is 0.706. The van der Waals surface area contributed by atoms with Gasteiger partial charge < -0.3 is 9.84 Å². The van der Waals surface area contributed by atoms with Gasteiger partial charge in [0.2, 0.25) is 0 Å². The Balaban J connectivity index is 1.65. The molecular formula is C21H26ClNO4S. The summed E-state index contributed by atoms with van der Waals surface area (Å²) in [5.41, 5.74) is 2.04. The van der Waals surface area contributed by atoms with E-state index < -0.39 is 15.9 Å². The van der Waals surface area contributed by atoms with E-state index in [1.165, 1.54) is 0 Å². The summed E-state index contributed by atoms with van der Waals surface area (Å²) < 4.78 is 29.6. The van der Waals surface area contributed by atoms with Gasteiger partial charge in [-0.05, 0) is 42.7 Å². The number of aryl methyl sites for hydroxylation is 1. The molecule has 0 spiro atoms. The number of rotatable bonds is 8. The van der Waals surface area contributed by atoms with Crippen molar-refractivity contribution in [2.75, 3.05) is 24.7 Å². The highest BCUT2D eigenvalue weighted by Gasteiger charge is 2.33. The van der Waals surface area contributed by atoms with Crippen LogP contribution in [0.25, 0.3) is 0 Å². The predicted molar refractivity (Wildman–Crippen MR) is 112 cm³/mol. The van der Waals surface area contributed by atoms with Gasteiger partial charge in [0.05, 0.1) is 11.5 Å². The minimum Gasteiger partial charge on any atom is -0.491 e. The summed E-state index contributed by atoms with van der Waals surface area (Å²) in [6, 6.07) is 15.0. The van der Waals surface area contributed by atoms with Crippen molar-refractivity contribution >= 4 is 21.4 Å². The summed E-state index contributed by atoms with van der Waals surface area (Å²) >= 11 is 5.96. The Labute approximate surface area is 171 Å². The molecule has 1 aliphatic heterocycles. The summed E-state index contributed by atoms with van der Waals surface area (Å²) in [6.07, 6.45) is -0.142. The number of aliphatic hydroxyl groups excluding tert-OH is 1. The molecule has 28 heavy (non-hydrogen) atoms. The molecule has 0 aliphatic carbocycles. The molecule has 0 radical (unpaired) electrons. The molecule has 0 bridgehead atoms. The summed E-state index contributed by atoms with van der Waals surface area (Å²) in [5, 5.41) is 11.2. The standard InChI is InChI=1S/C21H26ClNO4S/c1-16-4-2-3-5-21(16)27-14-20(24)13-23(19-10-11-28(25,26)15-19)12-17-6-8-18(22)9-7-17/h2-9,19-20,24H,10-15H2,1H3. The van der Waals surface area contributed by atoms with Gasteiger partial charge in [0.25, 0.3) is 0 Å². The molecule has 7 heteroatoms. The van der Waals surface area contributed by atoms with E-state index in [4.69, 9.17) is 16.3 Å². The monoisotopic (exact) mass is 423 g/mol. The van der Waals surface area contributed by atoms with Crippen molar-refractivity contribution in [3.63, 3.8) is 0 Å². The summed E-state index contributed by atoms with van der Waals surface area (Å²) in [7, 11) is -3.01. The molecule has 0 aromatic heterocycles. The highest BCUT2D eigenvalue weighted by Crippen LogP contribution is 2.22. The molecule has 3 rings (SSSR count). The van der Waals surface area contributed by atoms with Gasteiger partial charge in [0.1, 0.15) is 18.5 Å². The molecule has 0 amide bonds. The van der Waals surface area contributed by atoms with E-state index in [1.54, 1.807) is 0 Å². The maximum Gasteiger partial charge on any atom is 0.151 e. The molecule has 0 saturated carbocycles. The van der Waals surface area contributed by atoms with Gasteiger partial charge in [-0.3, -0.25) is 4.90 Å². The first-order valence-corrected chi connectivity index (χ1v) is 11.6. The number of hydrogen-bond acceptors (Lipinski definition) is 5. The molecule has 2 unspecified atom stereocenters. The lowest BCUT2D eigenvalue weighted by molar-refractivity contribution is 0.0523. The summed E-state index contributed by atoms with van der Waals surface area (Å²) in [5.74, 6) is 1.07. The lowest BCUT2D eigenvalue weighted by atomic mass is 10.1. The minimum absolute atomic E-state index is 0.103. The number of ether oxygens (including phenoxy) is 1. The second kappa shape index (κ2) is 9.27. The largest absolute Gasteiger partial charge is 0.491 e. The Hall–Kier alpha value is -1.60. The van der Waals surface area contributed by atoms with Gasteiger partial charge >= 0.3 is 0 Å². The van der Waals surface area contributed by atoms with E-state index in [1.807, 2.05) is 60.4 Å². The Bertz CT molecular complexity index is 886. The number of halogens is 1. The first-order valence-electron chi connectivity index (χ1n) is 9.38. The molecule has 5 nitrogen and oxygen atoms in total. The zero-order valence-electron chi connectivity index (χ0n) is 15.9. The Kier molecular flexibility index (Phi) is 6.99. The molecule has 152 valence electrons. The van der Waals surface area contributed by atoms with Crippen LogP contribution in [0.2, 0.25) is 5.02 Å². The Morgan fingerprint density at radius 3 is 2.57 bits per heavy atom. The third-order valence-corrected chi connectivity index (χ3v) is 7.00. The topological polar surface area (TPSA) is 66.8 Å². The van der Waals surface area contributed by atoms with Crippen LogP contribution < -0.4 is 4.74 Å². The lowest BCUT2D eigenvalue weighted by Crippen LogP contribution is -2.42. The van der Waals surface area contributed by atoms with Crippen molar-refractivity contribution < 1.29 is 18.3 Å². The fraction of sp³-hybridized carbons (Fsp3) is 0.429. The number of aliphatic hydroxyl groups is 1. The van der Waals surface area contributed by atoms with Gasteiger partial charge in [0.15, 0.2) is 9.84 Å². The fourth-order valence-electron chi connectivity index (χ4n) is 3.46. The number of nitrogens with zero attached hydrogens (tertiary/aromatic N) is 1. The average molecular weight is 424 g/mol. The second-order valence-corrected chi connectivity index (χ2v) is 10.0. The highest BCUT2D eigenvalue weighted by molar-refractivity contribution is 7.91. The van der Waals surface area contributed by atoms with Gasteiger partial charge in [-0.25, -0.2) is 8.42 Å². The van der Waals surface area contributed by atoms with Crippen LogP contribution in [0.4, 0.5) is 0 Å². The van der Waals surface area contributed by atoms with Crippen LogP contribution in [0.5, 0.6) is 5.75 Å². The molecular weight excluding hydrogens is 398 g/mol. The van der Waals surface area contributed by atoms with Crippen molar-refractivity contribution in [2.24, 2.45) is 0 Å². The molecule has 1 saturated heterocycles. The van der Waals surface area contributed by atoms with Crippen LogP contribution >= 0.6 is 11.6 Å². The van der Waals surface area contributed by atoms with Gasteiger partial charge in [-0.2, -0.15) is 0 Å².